The van der Waals surface area contributed by atoms with Crippen molar-refractivity contribution in [1.82, 2.24) is 4.31 Å². The van der Waals surface area contributed by atoms with Crippen LogP contribution in [0.2, 0.25) is 0 Å². The average Bonchev–Trinajstić information content (AvgIpc) is 2.74. The van der Waals surface area contributed by atoms with Crippen LogP contribution in [-0.2, 0) is 27.7 Å². The minimum atomic E-state index is -3.52. The van der Waals surface area contributed by atoms with Gasteiger partial charge >= 0.3 is 0 Å². The van der Waals surface area contributed by atoms with E-state index in [1.165, 1.54) is 40.4 Å². The van der Waals surface area contributed by atoms with Crippen LogP contribution in [0.1, 0.15) is 44.7 Å². The Morgan fingerprint density at radius 2 is 1.67 bits per heavy atom. The molecule has 1 aliphatic carbocycles. The van der Waals surface area contributed by atoms with Crippen LogP contribution in [0.15, 0.2) is 47.4 Å². The Kier molecular flexibility index (Phi) is 7.15. The van der Waals surface area contributed by atoms with E-state index in [0.717, 1.165) is 12.8 Å². The SMILES string of the molecule is CCN(CC)S(=O)(=O)c1ccc(NC(=O)[C@H](C)Oc2ccc3c(c2)CCCC3)cc1. The molecule has 6 nitrogen and oxygen atoms in total. The first kappa shape index (κ1) is 22.3. The highest BCUT2D eigenvalue weighted by molar-refractivity contribution is 7.89. The maximum absolute atomic E-state index is 12.6. The second-order valence-corrected chi connectivity index (χ2v) is 9.44. The molecule has 3 rings (SSSR count). The van der Waals surface area contributed by atoms with Gasteiger partial charge in [-0.15, -0.1) is 0 Å². The molecule has 0 spiro atoms. The molecule has 7 heteroatoms. The van der Waals surface area contributed by atoms with E-state index in [4.69, 9.17) is 4.74 Å². The quantitative estimate of drug-likeness (QED) is 0.687. The summed E-state index contributed by atoms with van der Waals surface area (Å²) in [5.74, 6) is 0.408. The largest absolute Gasteiger partial charge is 0.481 e. The Bertz CT molecular complexity index is 983. The van der Waals surface area contributed by atoms with Gasteiger partial charge < -0.3 is 10.1 Å². The maximum atomic E-state index is 12.6. The highest BCUT2D eigenvalue weighted by Crippen LogP contribution is 2.26. The van der Waals surface area contributed by atoms with Crippen molar-refractivity contribution in [3.8, 4) is 5.75 Å². The van der Waals surface area contributed by atoms with E-state index in [0.29, 0.717) is 24.5 Å². The number of nitrogens with zero attached hydrogens (tertiary/aromatic N) is 1. The molecular formula is C23H30N2O4S. The summed E-state index contributed by atoms with van der Waals surface area (Å²) < 4.78 is 32.4. The van der Waals surface area contributed by atoms with Gasteiger partial charge in [0.05, 0.1) is 4.90 Å². The molecule has 0 saturated carbocycles. The lowest BCUT2D eigenvalue weighted by Crippen LogP contribution is -2.31. The summed E-state index contributed by atoms with van der Waals surface area (Å²) in [4.78, 5) is 12.7. The Morgan fingerprint density at radius 1 is 1.03 bits per heavy atom. The van der Waals surface area contributed by atoms with Gasteiger partial charge in [0.2, 0.25) is 10.0 Å². The van der Waals surface area contributed by atoms with E-state index < -0.39 is 16.1 Å². The molecule has 0 bridgehead atoms. The van der Waals surface area contributed by atoms with Gasteiger partial charge in [-0.3, -0.25) is 4.79 Å². The summed E-state index contributed by atoms with van der Waals surface area (Å²) in [5, 5.41) is 2.79. The predicted molar refractivity (Wildman–Crippen MR) is 118 cm³/mol. The van der Waals surface area contributed by atoms with Crippen LogP contribution in [0.25, 0.3) is 0 Å². The molecule has 0 saturated heterocycles. The van der Waals surface area contributed by atoms with Crippen LogP contribution in [0, 0.1) is 0 Å². The van der Waals surface area contributed by atoms with E-state index in [1.807, 2.05) is 12.1 Å². The molecule has 162 valence electrons. The van der Waals surface area contributed by atoms with Crippen molar-refractivity contribution >= 4 is 21.6 Å². The number of benzene rings is 2. The van der Waals surface area contributed by atoms with Gasteiger partial charge in [0.15, 0.2) is 6.10 Å². The van der Waals surface area contributed by atoms with Gasteiger partial charge in [0.1, 0.15) is 5.75 Å². The lowest BCUT2D eigenvalue weighted by atomic mass is 9.92. The fraction of sp³-hybridized carbons (Fsp3) is 0.435. The second kappa shape index (κ2) is 9.62. The molecule has 0 radical (unpaired) electrons. The molecular weight excluding hydrogens is 400 g/mol. The molecule has 0 fully saturated rings. The molecule has 1 atom stereocenters. The Balaban J connectivity index is 1.63. The molecule has 2 aromatic carbocycles. The minimum absolute atomic E-state index is 0.211. The van der Waals surface area contributed by atoms with Crippen molar-refractivity contribution < 1.29 is 17.9 Å². The van der Waals surface area contributed by atoms with Crippen molar-refractivity contribution in [1.29, 1.82) is 0 Å². The van der Waals surface area contributed by atoms with Crippen molar-refractivity contribution in [2.45, 2.75) is 57.5 Å². The summed E-state index contributed by atoms with van der Waals surface area (Å²) in [5.41, 5.74) is 3.20. The number of carbonyl (C=O) groups excluding carboxylic acids is 1. The van der Waals surface area contributed by atoms with E-state index in [9.17, 15) is 13.2 Å². The van der Waals surface area contributed by atoms with Crippen LogP contribution in [0.4, 0.5) is 5.69 Å². The number of aryl methyl sites for hydroxylation is 2. The lowest BCUT2D eigenvalue weighted by molar-refractivity contribution is -0.122. The van der Waals surface area contributed by atoms with E-state index in [-0.39, 0.29) is 10.8 Å². The summed E-state index contributed by atoms with van der Waals surface area (Å²) in [6.07, 6.45) is 3.89. The highest BCUT2D eigenvalue weighted by Gasteiger charge is 2.22. The van der Waals surface area contributed by atoms with E-state index in [2.05, 4.69) is 11.4 Å². The monoisotopic (exact) mass is 430 g/mol. The molecule has 1 amide bonds. The summed E-state index contributed by atoms with van der Waals surface area (Å²) in [6, 6.07) is 12.3. The van der Waals surface area contributed by atoms with Gasteiger partial charge in [-0.1, -0.05) is 19.9 Å². The maximum Gasteiger partial charge on any atom is 0.265 e. The summed E-state index contributed by atoms with van der Waals surface area (Å²) in [7, 11) is -3.52. The van der Waals surface area contributed by atoms with Crippen molar-refractivity contribution in [3.63, 3.8) is 0 Å². The minimum Gasteiger partial charge on any atom is -0.481 e. The van der Waals surface area contributed by atoms with Gasteiger partial charge in [-0.25, -0.2) is 8.42 Å². The number of rotatable bonds is 8. The normalized spacial score (nSPS) is 14.8. The zero-order valence-corrected chi connectivity index (χ0v) is 18.7. The average molecular weight is 431 g/mol. The zero-order valence-electron chi connectivity index (χ0n) is 17.8. The second-order valence-electron chi connectivity index (χ2n) is 7.50. The molecule has 2 aromatic rings. The topological polar surface area (TPSA) is 75.7 Å². The molecule has 0 heterocycles. The number of sulfonamides is 1. The standard InChI is InChI=1S/C23H30N2O4S/c1-4-25(5-2)30(27,28)22-14-11-20(12-15-22)24-23(26)17(3)29-21-13-10-18-8-6-7-9-19(18)16-21/h10-17H,4-9H2,1-3H3,(H,24,26)/t17-/m0/s1. The highest BCUT2D eigenvalue weighted by atomic mass is 32.2. The first-order valence-corrected chi connectivity index (χ1v) is 12.0. The van der Waals surface area contributed by atoms with Gasteiger partial charge in [0, 0.05) is 18.8 Å². The molecule has 0 unspecified atom stereocenters. The van der Waals surface area contributed by atoms with Crippen LogP contribution in [0.5, 0.6) is 5.75 Å². The van der Waals surface area contributed by atoms with Gasteiger partial charge in [-0.2, -0.15) is 4.31 Å². The smallest absolute Gasteiger partial charge is 0.265 e. The van der Waals surface area contributed by atoms with E-state index >= 15 is 0 Å². The number of hydrogen-bond donors (Lipinski definition) is 1. The third-order valence-electron chi connectivity index (χ3n) is 5.47. The van der Waals surface area contributed by atoms with Gasteiger partial charge in [0.25, 0.3) is 5.91 Å². The lowest BCUT2D eigenvalue weighted by Gasteiger charge is -2.20. The van der Waals surface area contributed by atoms with Gasteiger partial charge in [-0.05, 0) is 80.1 Å². The number of amides is 1. The fourth-order valence-corrected chi connectivity index (χ4v) is 5.17. The number of carbonyl (C=O) groups is 1. The van der Waals surface area contributed by atoms with Crippen LogP contribution >= 0.6 is 0 Å². The molecule has 0 aromatic heterocycles. The molecule has 1 aliphatic rings. The molecule has 30 heavy (non-hydrogen) atoms. The predicted octanol–water partition coefficient (Wildman–Crippen LogP) is 4.00. The molecule has 1 N–H and O–H groups in total. The van der Waals surface area contributed by atoms with Crippen LogP contribution in [0.3, 0.4) is 0 Å². The molecule has 0 aliphatic heterocycles. The first-order chi connectivity index (χ1) is 14.3. The number of fused-ring (bicyclic) bond motifs is 1. The van der Waals surface area contributed by atoms with Crippen molar-refractivity contribution in [2.24, 2.45) is 0 Å². The number of anilines is 1. The Hall–Kier alpha value is -2.38. The Labute approximate surface area is 179 Å². The Morgan fingerprint density at radius 3 is 2.30 bits per heavy atom. The first-order valence-electron chi connectivity index (χ1n) is 10.5. The third kappa shape index (κ3) is 5.02. The zero-order chi connectivity index (χ0) is 21.7. The number of nitrogens with one attached hydrogen (secondary N) is 1. The summed E-state index contributed by atoms with van der Waals surface area (Å²) in [6.45, 7) is 6.14. The number of ether oxygens (including phenoxy) is 1. The van der Waals surface area contributed by atoms with Crippen LogP contribution < -0.4 is 10.1 Å². The summed E-state index contributed by atoms with van der Waals surface area (Å²) >= 11 is 0. The van der Waals surface area contributed by atoms with Crippen molar-refractivity contribution in [3.05, 3.63) is 53.6 Å². The third-order valence-corrected chi connectivity index (χ3v) is 7.53. The number of hydrogen-bond acceptors (Lipinski definition) is 4. The van der Waals surface area contributed by atoms with Crippen molar-refractivity contribution in [2.75, 3.05) is 18.4 Å². The van der Waals surface area contributed by atoms with E-state index in [1.54, 1.807) is 32.9 Å². The van der Waals surface area contributed by atoms with Crippen LogP contribution in [-0.4, -0.2) is 37.8 Å². The fourth-order valence-electron chi connectivity index (χ4n) is 3.71.